The number of halogens is 1. The molecule has 5 heteroatoms. The smallest absolute Gasteiger partial charge is 0.123 e. The standard InChI is InChI=1S/C21H31FN4/c1-18-23-10-13-26(18)15-14-24(2)16-20-4-3-11-25(17-20)12-9-19-5-7-21(22)8-6-19/h5-8,10,13,20H,3-4,9,11-12,14-17H2,1-2H3. The van der Waals surface area contributed by atoms with E-state index in [2.05, 4.69) is 39.5 Å². The van der Waals surface area contributed by atoms with Crippen LogP contribution in [0.5, 0.6) is 0 Å². The number of likely N-dealkylation sites (tertiary alicyclic amines) is 1. The van der Waals surface area contributed by atoms with Gasteiger partial charge in [-0.3, -0.25) is 0 Å². The number of benzene rings is 1. The average molecular weight is 359 g/mol. The number of aryl methyl sites for hydroxylation is 1. The van der Waals surface area contributed by atoms with Gasteiger partial charge in [0, 0.05) is 45.1 Å². The number of likely N-dealkylation sites (N-methyl/N-ethyl adjacent to an activating group) is 1. The minimum Gasteiger partial charge on any atom is -0.334 e. The summed E-state index contributed by atoms with van der Waals surface area (Å²) >= 11 is 0. The van der Waals surface area contributed by atoms with E-state index in [9.17, 15) is 4.39 Å². The Morgan fingerprint density at radius 1 is 1.23 bits per heavy atom. The van der Waals surface area contributed by atoms with Gasteiger partial charge in [-0.1, -0.05) is 12.1 Å². The van der Waals surface area contributed by atoms with Crippen molar-refractivity contribution >= 4 is 0 Å². The first-order valence-electron chi connectivity index (χ1n) is 9.73. The number of nitrogens with zero attached hydrogens (tertiary/aromatic N) is 4. The van der Waals surface area contributed by atoms with Crippen molar-refractivity contribution in [2.45, 2.75) is 32.7 Å². The molecule has 142 valence electrons. The molecule has 1 aliphatic rings. The van der Waals surface area contributed by atoms with Crippen LogP contribution in [-0.4, -0.2) is 59.1 Å². The van der Waals surface area contributed by atoms with Crippen molar-refractivity contribution in [1.29, 1.82) is 0 Å². The number of rotatable bonds is 8. The molecule has 1 fully saturated rings. The van der Waals surface area contributed by atoms with E-state index in [1.807, 2.05) is 18.3 Å². The maximum absolute atomic E-state index is 13.0. The molecule has 0 bridgehead atoms. The summed E-state index contributed by atoms with van der Waals surface area (Å²) in [6.45, 7) is 8.71. The quantitative estimate of drug-likeness (QED) is 0.724. The van der Waals surface area contributed by atoms with E-state index in [4.69, 9.17) is 0 Å². The molecule has 1 aromatic carbocycles. The third kappa shape index (κ3) is 5.64. The predicted molar refractivity (Wildman–Crippen MR) is 104 cm³/mol. The molecule has 0 amide bonds. The van der Waals surface area contributed by atoms with Crippen molar-refractivity contribution in [2.24, 2.45) is 5.92 Å². The largest absolute Gasteiger partial charge is 0.334 e. The van der Waals surface area contributed by atoms with E-state index in [-0.39, 0.29) is 5.82 Å². The molecule has 1 saturated heterocycles. The van der Waals surface area contributed by atoms with Crippen molar-refractivity contribution in [3.8, 4) is 0 Å². The maximum Gasteiger partial charge on any atom is 0.123 e. The Morgan fingerprint density at radius 2 is 2.04 bits per heavy atom. The number of hydrogen-bond donors (Lipinski definition) is 0. The topological polar surface area (TPSA) is 24.3 Å². The fourth-order valence-electron chi connectivity index (χ4n) is 3.89. The van der Waals surface area contributed by atoms with Gasteiger partial charge in [0.1, 0.15) is 11.6 Å². The molecule has 4 nitrogen and oxygen atoms in total. The lowest BCUT2D eigenvalue weighted by Crippen LogP contribution is -2.41. The summed E-state index contributed by atoms with van der Waals surface area (Å²) < 4.78 is 15.2. The van der Waals surface area contributed by atoms with Gasteiger partial charge in [-0.2, -0.15) is 0 Å². The Kier molecular flexibility index (Phi) is 6.80. The molecule has 1 atom stereocenters. The lowest BCUT2D eigenvalue weighted by molar-refractivity contribution is 0.143. The van der Waals surface area contributed by atoms with Gasteiger partial charge in [0.05, 0.1) is 0 Å². The number of hydrogen-bond acceptors (Lipinski definition) is 3. The molecule has 0 radical (unpaired) electrons. The van der Waals surface area contributed by atoms with Crippen LogP contribution in [0.25, 0.3) is 0 Å². The maximum atomic E-state index is 13.0. The summed E-state index contributed by atoms with van der Waals surface area (Å²) in [4.78, 5) is 9.31. The van der Waals surface area contributed by atoms with Gasteiger partial charge in [0.15, 0.2) is 0 Å². The van der Waals surface area contributed by atoms with Crippen LogP contribution in [0.4, 0.5) is 4.39 Å². The monoisotopic (exact) mass is 358 g/mol. The molecule has 1 aromatic heterocycles. The summed E-state index contributed by atoms with van der Waals surface area (Å²) in [6.07, 6.45) is 7.53. The highest BCUT2D eigenvalue weighted by atomic mass is 19.1. The van der Waals surface area contributed by atoms with Gasteiger partial charge >= 0.3 is 0 Å². The highest BCUT2D eigenvalue weighted by Gasteiger charge is 2.20. The second-order valence-electron chi connectivity index (χ2n) is 7.62. The van der Waals surface area contributed by atoms with Crippen LogP contribution in [0.3, 0.4) is 0 Å². The SMILES string of the molecule is Cc1nccn1CCN(C)CC1CCCN(CCc2ccc(F)cc2)C1. The van der Waals surface area contributed by atoms with E-state index in [1.54, 1.807) is 12.1 Å². The minimum absolute atomic E-state index is 0.152. The Bertz CT molecular complexity index is 667. The van der Waals surface area contributed by atoms with Crippen molar-refractivity contribution in [2.75, 3.05) is 39.8 Å². The second kappa shape index (κ2) is 9.28. The van der Waals surface area contributed by atoms with Crippen molar-refractivity contribution < 1.29 is 4.39 Å². The van der Waals surface area contributed by atoms with E-state index < -0.39 is 0 Å². The first-order valence-corrected chi connectivity index (χ1v) is 9.73. The van der Waals surface area contributed by atoms with Crippen LogP contribution in [-0.2, 0) is 13.0 Å². The molecule has 0 aliphatic carbocycles. The molecule has 0 saturated carbocycles. The van der Waals surface area contributed by atoms with Gasteiger partial charge in [-0.05, 0) is 63.4 Å². The molecule has 2 heterocycles. The first kappa shape index (κ1) is 19.1. The lowest BCUT2D eigenvalue weighted by Gasteiger charge is -2.34. The zero-order valence-electron chi connectivity index (χ0n) is 16.1. The van der Waals surface area contributed by atoms with Crippen LogP contribution >= 0.6 is 0 Å². The van der Waals surface area contributed by atoms with Crippen molar-refractivity contribution in [3.63, 3.8) is 0 Å². The fourth-order valence-corrected chi connectivity index (χ4v) is 3.89. The van der Waals surface area contributed by atoms with Gasteiger partial charge in [-0.25, -0.2) is 9.37 Å². The molecule has 0 N–H and O–H groups in total. The van der Waals surface area contributed by atoms with Crippen molar-refractivity contribution in [1.82, 2.24) is 19.4 Å². The van der Waals surface area contributed by atoms with E-state index in [0.717, 1.165) is 44.3 Å². The Hall–Kier alpha value is -1.72. The third-order valence-corrected chi connectivity index (χ3v) is 5.45. The normalized spacial score (nSPS) is 18.5. The molecule has 26 heavy (non-hydrogen) atoms. The first-order chi connectivity index (χ1) is 12.6. The summed E-state index contributed by atoms with van der Waals surface area (Å²) in [7, 11) is 2.23. The molecule has 3 rings (SSSR count). The average Bonchev–Trinajstić information content (AvgIpc) is 3.05. The van der Waals surface area contributed by atoms with E-state index in [1.165, 1.54) is 31.5 Å². The van der Waals surface area contributed by atoms with Gasteiger partial charge < -0.3 is 14.4 Å². The number of piperidine rings is 1. The van der Waals surface area contributed by atoms with Crippen LogP contribution < -0.4 is 0 Å². The molecular weight excluding hydrogens is 327 g/mol. The highest BCUT2D eigenvalue weighted by Crippen LogP contribution is 2.18. The van der Waals surface area contributed by atoms with Crippen LogP contribution in [0.15, 0.2) is 36.7 Å². The molecule has 1 unspecified atom stereocenters. The van der Waals surface area contributed by atoms with Gasteiger partial charge in [0.2, 0.25) is 0 Å². The Morgan fingerprint density at radius 3 is 2.77 bits per heavy atom. The van der Waals surface area contributed by atoms with E-state index in [0.29, 0.717) is 0 Å². The summed E-state index contributed by atoms with van der Waals surface area (Å²) in [6, 6.07) is 6.93. The predicted octanol–water partition coefficient (Wildman–Crippen LogP) is 3.22. The molecular formula is C21H31FN4. The number of aromatic nitrogens is 2. The Balaban J connectivity index is 1.39. The second-order valence-corrected chi connectivity index (χ2v) is 7.62. The lowest BCUT2D eigenvalue weighted by atomic mass is 9.97. The van der Waals surface area contributed by atoms with Crippen LogP contribution in [0, 0.1) is 18.7 Å². The zero-order chi connectivity index (χ0) is 18.4. The highest BCUT2D eigenvalue weighted by molar-refractivity contribution is 5.16. The van der Waals surface area contributed by atoms with Crippen LogP contribution in [0.1, 0.15) is 24.2 Å². The van der Waals surface area contributed by atoms with Crippen molar-refractivity contribution in [3.05, 3.63) is 53.9 Å². The molecule has 2 aromatic rings. The van der Waals surface area contributed by atoms with Gasteiger partial charge in [-0.15, -0.1) is 0 Å². The minimum atomic E-state index is -0.152. The summed E-state index contributed by atoms with van der Waals surface area (Å²) in [5.74, 6) is 1.68. The third-order valence-electron chi connectivity index (χ3n) is 5.45. The zero-order valence-corrected chi connectivity index (χ0v) is 16.1. The summed E-state index contributed by atoms with van der Waals surface area (Å²) in [5.41, 5.74) is 1.22. The number of imidazole rings is 1. The van der Waals surface area contributed by atoms with Crippen LogP contribution in [0.2, 0.25) is 0 Å². The van der Waals surface area contributed by atoms with E-state index >= 15 is 0 Å². The molecule has 1 aliphatic heterocycles. The van der Waals surface area contributed by atoms with Gasteiger partial charge in [0.25, 0.3) is 0 Å². The summed E-state index contributed by atoms with van der Waals surface area (Å²) in [5, 5.41) is 0. The Labute approximate surface area is 156 Å². The molecule has 0 spiro atoms. The fraction of sp³-hybridized carbons (Fsp3) is 0.571.